The maximum Gasteiger partial charge on any atom is 0.233 e. The van der Waals surface area contributed by atoms with Crippen LogP contribution >= 0.6 is 22.9 Å². The summed E-state index contributed by atoms with van der Waals surface area (Å²) in [6.07, 6.45) is 0.239. The smallest absolute Gasteiger partial charge is 0.233 e. The number of hydrogen-bond donors (Lipinski definition) is 0. The molecule has 144 valence electrons. The van der Waals surface area contributed by atoms with Crippen LogP contribution in [0.1, 0.15) is 11.3 Å². The van der Waals surface area contributed by atoms with Crippen LogP contribution in [0.25, 0.3) is 10.6 Å². The van der Waals surface area contributed by atoms with Gasteiger partial charge in [0.25, 0.3) is 0 Å². The third kappa shape index (κ3) is 4.73. The van der Waals surface area contributed by atoms with Gasteiger partial charge in [0.15, 0.2) is 0 Å². The first-order chi connectivity index (χ1) is 14.2. The highest BCUT2D eigenvalue weighted by molar-refractivity contribution is 7.13. The van der Waals surface area contributed by atoms with Gasteiger partial charge in [0.1, 0.15) is 5.01 Å². The molecule has 0 aliphatic rings. The lowest BCUT2D eigenvalue weighted by atomic mass is 10.1. The van der Waals surface area contributed by atoms with E-state index in [1.54, 1.807) is 0 Å². The van der Waals surface area contributed by atoms with Crippen LogP contribution in [0.2, 0.25) is 5.02 Å². The lowest BCUT2D eigenvalue weighted by Gasteiger charge is -2.23. The molecule has 0 bridgehead atoms. The summed E-state index contributed by atoms with van der Waals surface area (Å²) < 4.78 is 0. The van der Waals surface area contributed by atoms with E-state index in [4.69, 9.17) is 11.6 Å². The quantitative estimate of drug-likeness (QED) is 0.371. The number of benzene rings is 3. The molecule has 0 aliphatic carbocycles. The van der Waals surface area contributed by atoms with Crippen molar-refractivity contribution in [3.05, 3.63) is 107 Å². The molecule has 0 N–H and O–H groups in total. The van der Waals surface area contributed by atoms with Gasteiger partial charge in [-0.1, -0.05) is 78.3 Å². The van der Waals surface area contributed by atoms with E-state index in [0.717, 1.165) is 27.5 Å². The first-order valence-corrected chi connectivity index (χ1v) is 10.5. The van der Waals surface area contributed by atoms with Gasteiger partial charge in [-0.3, -0.25) is 4.79 Å². The molecule has 1 amide bonds. The van der Waals surface area contributed by atoms with E-state index in [2.05, 4.69) is 4.98 Å². The lowest BCUT2D eigenvalue weighted by molar-refractivity contribution is -0.118. The Balaban J connectivity index is 1.56. The Kier molecular flexibility index (Phi) is 6.03. The number of halogens is 1. The summed E-state index contributed by atoms with van der Waals surface area (Å²) in [6.45, 7) is 0.519. The van der Waals surface area contributed by atoms with Crippen LogP contribution in [0.4, 0.5) is 5.69 Å². The van der Waals surface area contributed by atoms with E-state index < -0.39 is 0 Å². The summed E-state index contributed by atoms with van der Waals surface area (Å²) in [4.78, 5) is 19.7. The zero-order valence-corrected chi connectivity index (χ0v) is 17.2. The van der Waals surface area contributed by atoms with Crippen molar-refractivity contribution < 1.29 is 4.79 Å². The predicted molar refractivity (Wildman–Crippen MR) is 120 cm³/mol. The van der Waals surface area contributed by atoms with Gasteiger partial charge in [-0.25, -0.2) is 4.98 Å². The molecule has 0 radical (unpaired) electrons. The standard InChI is InChI=1S/C24H19ClN2OS/c25-22-14-8-7-13-21(22)24-26-19(17-29-24)15-23(28)27(20-11-5-2-6-12-20)16-18-9-3-1-4-10-18/h1-14,17H,15-16H2. The van der Waals surface area contributed by atoms with Crippen molar-refractivity contribution in [3.63, 3.8) is 0 Å². The van der Waals surface area contributed by atoms with Gasteiger partial charge in [0.2, 0.25) is 5.91 Å². The molecule has 0 aliphatic heterocycles. The number of carbonyl (C=O) groups excluding carboxylic acids is 1. The van der Waals surface area contributed by atoms with Crippen molar-refractivity contribution >= 4 is 34.5 Å². The largest absolute Gasteiger partial charge is 0.308 e. The summed E-state index contributed by atoms with van der Waals surface area (Å²) in [6, 6.07) is 27.4. The highest BCUT2D eigenvalue weighted by atomic mass is 35.5. The molecule has 0 fully saturated rings. The topological polar surface area (TPSA) is 33.2 Å². The minimum absolute atomic E-state index is 0.0102. The van der Waals surface area contributed by atoms with Gasteiger partial charge in [-0.05, 0) is 23.8 Å². The number of anilines is 1. The maximum atomic E-state index is 13.2. The number of thiazole rings is 1. The zero-order valence-electron chi connectivity index (χ0n) is 15.7. The monoisotopic (exact) mass is 418 g/mol. The molecule has 0 unspecified atom stereocenters. The SMILES string of the molecule is O=C(Cc1csc(-c2ccccc2Cl)n1)N(Cc1ccccc1)c1ccccc1. The molecular weight excluding hydrogens is 400 g/mol. The predicted octanol–water partition coefficient (Wildman–Crippen LogP) is 6.24. The summed E-state index contributed by atoms with van der Waals surface area (Å²) in [5.41, 5.74) is 3.61. The molecule has 0 saturated carbocycles. The first kappa shape index (κ1) is 19.4. The molecule has 0 saturated heterocycles. The number of carbonyl (C=O) groups is 1. The van der Waals surface area contributed by atoms with E-state index in [0.29, 0.717) is 11.6 Å². The second-order valence-electron chi connectivity index (χ2n) is 6.60. The fourth-order valence-electron chi connectivity index (χ4n) is 3.09. The Morgan fingerprint density at radius 2 is 1.55 bits per heavy atom. The summed E-state index contributed by atoms with van der Waals surface area (Å²) in [5.74, 6) is 0.0102. The van der Waals surface area contributed by atoms with Crippen molar-refractivity contribution in [3.8, 4) is 10.6 Å². The molecule has 5 heteroatoms. The minimum Gasteiger partial charge on any atom is -0.308 e. The molecule has 4 aromatic rings. The van der Waals surface area contributed by atoms with E-state index in [1.807, 2.05) is 95.2 Å². The number of hydrogen-bond acceptors (Lipinski definition) is 3. The molecule has 0 spiro atoms. The molecule has 3 nitrogen and oxygen atoms in total. The number of rotatable bonds is 6. The fourth-order valence-corrected chi connectivity index (χ4v) is 4.23. The van der Waals surface area contributed by atoms with Crippen LogP contribution in [0.15, 0.2) is 90.3 Å². The van der Waals surface area contributed by atoms with Crippen LogP contribution in [0, 0.1) is 0 Å². The third-order valence-electron chi connectivity index (χ3n) is 4.54. The van der Waals surface area contributed by atoms with Crippen LogP contribution in [-0.2, 0) is 17.8 Å². The third-order valence-corrected chi connectivity index (χ3v) is 5.79. The van der Waals surface area contributed by atoms with Gasteiger partial charge in [0.05, 0.1) is 23.7 Å². The second-order valence-corrected chi connectivity index (χ2v) is 7.87. The van der Waals surface area contributed by atoms with E-state index in [9.17, 15) is 4.79 Å². The average molecular weight is 419 g/mol. The van der Waals surface area contributed by atoms with Crippen molar-refractivity contribution in [2.24, 2.45) is 0 Å². The van der Waals surface area contributed by atoms with Crippen molar-refractivity contribution in [1.82, 2.24) is 4.98 Å². The molecule has 1 heterocycles. The van der Waals surface area contributed by atoms with Crippen LogP contribution in [0.3, 0.4) is 0 Å². The van der Waals surface area contributed by atoms with Crippen molar-refractivity contribution in [2.75, 3.05) is 4.90 Å². The Bertz CT molecular complexity index is 1100. The number of para-hydroxylation sites is 1. The molecule has 3 aromatic carbocycles. The van der Waals surface area contributed by atoms with E-state index >= 15 is 0 Å². The first-order valence-electron chi connectivity index (χ1n) is 9.29. The Hall–Kier alpha value is -2.95. The summed E-state index contributed by atoms with van der Waals surface area (Å²) in [7, 11) is 0. The Morgan fingerprint density at radius 1 is 0.897 bits per heavy atom. The van der Waals surface area contributed by atoms with Gasteiger partial charge in [0, 0.05) is 16.6 Å². The molecule has 4 rings (SSSR count). The minimum atomic E-state index is 0.0102. The Morgan fingerprint density at radius 3 is 2.28 bits per heavy atom. The van der Waals surface area contributed by atoms with E-state index in [-0.39, 0.29) is 12.3 Å². The number of nitrogens with zero attached hydrogens (tertiary/aromatic N) is 2. The van der Waals surface area contributed by atoms with Gasteiger partial charge in [-0.15, -0.1) is 11.3 Å². The number of amides is 1. The summed E-state index contributed by atoms with van der Waals surface area (Å²) >= 11 is 7.79. The molecule has 29 heavy (non-hydrogen) atoms. The van der Waals surface area contributed by atoms with Crippen LogP contribution in [0.5, 0.6) is 0 Å². The normalized spacial score (nSPS) is 10.7. The van der Waals surface area contributed by atoms with Gasteiger partial charge in [-0.2, -0.15) is 0 Å². The maximum absolute atomic E-state index is 13.2. The van der Waals surface area contributed by atoms with Crippen LogP contribution < -0.4 is 4.90 Å². The Labute approximate surface area is 179 Å². The highest BCUT2D eigenvalue weighted by Crippen LogP contribution is 2.30. The van der Waals surface area contributed by atoms with Crippen molar-refractivity contribution in [2.45, 2.75) is 13.0 Å². The lowest BCUT2D eigenvalue weighted by Crippen LogP contribution is -2.31. The van der Waals surface area contributed by atoms with Gasteiger partial charge < -0.3 is 4.90 Å². The zero-order chi connectivity index (χ0) is 20.1. The molecular formula is C24H19ClN2OS. The highest BCUT2D eigenvalue weighted by Gasteiger charge is 2.18. The summed E-state index contributed by atoms with van der Waals surface area (Å²) in [5, 5.41) is 3.42. The fraction of sp³-hybridized carbons (Fsp3) is 0.0833. The van der Waals surface area contributed by atoms with Gasteiger partial charge >= 0.3 is 0 Å². The second kappa shape index (κ2) is 9.03. The van der Waals surface area contributed by atoms with Crippen LogP contribution in [-0.4, -0.2) is 10.9 Å². The average Bonchev–Trinajstić information content (AvgIpc) is 3.22. The molecule has 0 atom stereocenters. The molecule has 1 aromatic heterocycles. The number of aromatic nitrogens is 1. The van der Waals surface area contributed by atoms with Crippen molar-refractivity contribution in [1.29, 1.82) is 0 Å². The van der Waals surface area contributed by atoms with E-state index in [1.165, 1.54) is 11.3 Å².